The molecule has 0 amide bonds. The van der Waals surface area contributed by atoms with Crippen molar-refractivity contribution in [3.05, 3.63) is 11.9 Å². The minimum absolute atomic E-state index is 0.310. The van der Waals surface area contributed by atoms with E-state index in [0.717, 1.165) is 18.5 Å². The highest BCUT2D eigenvalue weighted by Crippen LogP contribution is 2.33. The maximum absolute atomic E-state index is 5.73. The molecule has 1 aromatic heterocycles. The Balaban J connectivity index is 2.14. The zero-order valence-corrected chi connectivity index (χ0v) is 5.62. The molecule has 4 heteroatoms. The largest absolute Gasteiger partial charge is 0.327 e. The van der Waals surface area contributed by atoms with Gasteiger partial charge in [-0.25, -0.2) is 0 Å². The Morgan fingerprint density at radius 2 is 2.50 bits per heavy atom. The van der Waals surface area contributed by atoms with Crippen molar-refractivity contribution in [2.45, 2.75) is 24.8 Å². The van der Waals surface area contributed by atoms with Crippen molar-refractivity contribution in [2.24, 2.45) is 5.73 Å². The standard InChI is InChI=1S/C6H10N4/c7-5-2-1-4(5)6-3-8-10-9-6/h3-5H,1-2,7H2,(H,8,9,10)/t4-,5+/m0/s1. The van der Waals surface area contributed by atoms with Gasteiger partial charge in [0.25, 0.3) is 0 Å². The highest BCUT2D eigenvalue weighted by atomic mass is 15.3. The molecule has 1 aromatic rings. The summed E-state index contributed by atoms with van der Waals surface area (Å²) >= 11 is 0. The second kappa shape index (κ2) is 2.05. The fourth-order valence-corrected chi connectivity index (χ4v) is 1.28. The van der Waals surface area contributed by atoms with Gasteiger partial charge in [-0.15, -0.1) is 0 Å². The van der Waals surface area contributed by atoms with Crippen LogP contribution in [0.2, 0.25) is 0 Å². The normalized spacial score (nSPS) is 31.7. The van der Waals surface area contributed by atoms with Crippen LogP contribution in [0.4, 0.5) is 0 Å². The molecule has 0 saturated heterocycles. The van der Waals surface area contributed by atoms with Gasteiger partial charge in [-0.1, -0.05) is 0 Å². The topological polar surface area (TPSA) is 67.6 Å². The minimum Gasteiger partial charge on any atom is -0.327 e. The van der Waals surface area contributed by atoms with Crippen LogP contribution in [-0.2, 0) is 0 Å². The van der Waals surface area contributed by atoms with E-state index < -0.39 is 0 Å². The van der Waals surface area contributed by atoms with Crippen LogP contribution in [0.3, 0.4) is 0 Å². The van der Waals surface area contributed by atoms with Crippen molar-refractivity contribution in [3.63, 3.8) is 0 Å². The second-order valence-electron chi connectivity index (χ2n) is 2.74. The van der Waals surface area contributed by atoms with E-state index in [-0.39, 0.29) is 0 Å². The summed E-state index contributed by atoms with van der Waals surface area (Å²) in [6.07, 6.45) is 4.04. The summed E-state index contributed by atoms with van der Waals surface area (Å²) in [5.74, 6) is 0.457. The summed E-state index contributed by atoms with van der Waals surface area (Å²) < 4.78 is 0. The number of aromatic nitrogens is 3. The lowest BCUT2D eigenvalue weighted by Gasteiger charge is -2.31. The first-order valence-electron chi connectivity index (χ1n) is 3.49. The molecular formula is C6H10N4. The maximum atomic E-state index is 5.73. The Morgan fingerprint density at radius 1 is 1.60 bits per heavy atom. The zero-order valence-electron chi connectivity index (χ0n) is 5.62. The summed E-state index contributed by atoms with van der Waals surface area (Å²) in [6.45, 7) is 0. The number of nitrogens with one attached hydrogen (secondary N) is 1. The number of H-pyrrole nitrogens is 1. The zero-order chi connectivity index (χ0) is 6.97. The Hall–Kier alpha value is -0.900. The molecule has 1 saturated carbocycles. The highest BCUT2D eigenvalue weighted by Gasteiger charge is 2.30. The number of hydrogen-bond donors (Lipinski definition) is 2. The average molecular weight is 138 g/mol. The molecule has 2 atom stereocenters. The van der Waals surface area contributed by atoms with E-state index in [2.05, 4.69) is 15.4 Å². The van der Waals surface area contributed by atoms with Crippen molar-refractivity contribution in [1.82, 2.24) is 15.4 Å². The van der Waals surface area contributed by atoms with Gasteiger partial charge in [-0.3, -0.25) is 0 Å². The lowest BCUT2D eigenvalue weighted by Crippen LogP contribution is -2.37. The van der Waals surface area contributed by atoms with Crippen LogP contribution in [0, 0.1) is 0 Å². The number of nitrogens with zero attached hydrogens (tertiary/aromatic N) is 2. The van der Waals surface area contributed by atoms with Crippen LogP contribution in [0.5, 0.6) is 0 Å². The van der Waals surface area contributed by atoms with Crippen molar-refractivity contribution in [3.8, 4) is 0 Å². The molecule has 0 aliphatic heterocycles. The van der Waals surface area contributed by atoms with Gasteiger partial charge in [0.1, 0.15) is 0 Å². The smallest absolute Gasteiger partial charge is 0.0870 e. The third-order valence-corrected chi connectivity index (χ3v) is 2.14. The monoisotopic (exact) mass is 138 g/mol. The highest BCUT2D eigenvalue weighted by molar-refractivity contribution is 5.10. The Bertz CT molecular complexity index is 206. The third-order valence-electron chi connectivity index (χ3n) is 2.14. The molecule has 1 heterocycles. The molecule has 4 nitrogen and oxygen atoms in total. The molecule has 0 aromatic carbocycles. The fraction of sp³-hybridized carbons (Fsp3) is 0.667. The first-order valence-corrected chi connectivity index (χ1v) is 3.49. The molecule has 0 unspecified atom stereocenters. The molecular weight excluding hydrogens is 128 g/mol. The molecule has 1 fully saturated rings. The number of aromatic amines is 1. The van der Waals surface area contributed by atoms with Gasteiger partial charge < -0.3 is 5.73 Å². The van der Waals surface area contributed by atoms with Crippen LogP contribution in [0.15, 0.2) is 6.20 Å². The van der Waals surface area contributed by atoms with Gasteiger partial charge >= 0.3 is 0 Å². The lowest BCUT2D eigenvalue weighted by atomic mass is 9.78. The predicted octanol–water partition coefficient (Wildman–Crippen LogP) is 0.00940. The van der Waals surface area contributed by atoms with E-state index in [9.17, 15) is 0 Å². The van der Waals surface area contributed by atoms with Gasteiger partial charge in [0.15, 0.2) is 0 Å². The number of rotatable bonds is 1. The van der Waals surface area contributed by atoms with E-state index in [0.29, 0.717) is 12.0 Å². The molecule has 10 heavy (non-hydrogen) atoms. The molecule has 3 N–H and O–H groups in total. The van der Waals surface area contributed by atoms with E-state index in [4.69, 9.17) is 5.73 Å². The average Bonchev–Trinajstić information content (AvgIpc) is 2.37. The quantitative estimate of drug-likeness (QED) is 0.574. The van der Waals surface area contributed by atoms with Crippen molar-refractivity contribution >= 4 is 0 Å². The number of nitrogens with two attached hydrogens (primary N) is 1. The molecule has 0 bridgehead atoms. The summed E-state index contributed by atoms with van der Waals surface area (Å²) in [5, 5.41) is 10.3. The van der Waals surface area contributed by atoms with E-state index in [1.54, 1.807) is 6.20 Å². The fourth-order valence-electron chi connectivity index (χ4n) is 1.28. The Morgan fingerprint density at radius 3 is 2.90 bits per heavy atom. The summed E-state index contributed by atoms with van der Waals surface area (Å²) in [5.41, 5.74) is 6.74. The van der Waals surface area contributed by atoms with Crippen molar-refractivity contribution in [2.75, 3.05) is 0 Å². The van der Waals surface area contributed by atoms with Crippen molar-refractivity contribution < 1.29 is 0 Å². The van der Waals surface area contributed by atoms with Crippen LogP contribution in [0.25, 0.3) is 0 Å². The van der Waals surface area contributed by atoms with Crippen molar-refractivity contribution in [1.29, 1.82) is 0 Å². The molecule has 0 radical (unpaired) electrons. The number of hydrogen-bond acceptors (Lipinski definition) is 3. The molecule has 2 rings (SSSR count). The molecule has 54 valence electrons. The predicted molar refractivity (Wildman–Crippen MR) is 36.3 cm³/mol. The molecule has 1 aliphatic carbocycles. The first kappa shape index (κ1) is 5.85. The minimum atomic E-state index is 0.310. The van der Waals surface area contributed by atoms with Gasteiger partial charge in [0, 0.05) is 12.0 Å². The maximum Gasteiger partial charge on any atom is 0.0870 e. The van der Waals surface area contributed by atoms with E-state index in [1.807, 2.05) is 0 Å². The Labute approximate surface area is 58.8 Å². The van der Waals surface area contributed by atoms with Gasteiger partial charge in [-0.05, 0) is 12.8 Å². The summed E-state index contributed by atoms with van der Waals surface area (Å²) in [7, 11) is 0. The van der Waals surface area contributed by atoms with Gasteiger partial charge in [-0.2, -0.15) is 15.4 Å². The third kappa shape index (κ3) is 0.724. The lowest BCUT2D eigenvalue weighted by molar-refractivity contribution is 0.340. The van der Waals surface area contributed by atoms with Gasteiger partial charge in [0.2, 0.25) is 0 Å². The van der Waals surface area contributed by atoms with Crippen LogP contribution >= 0.6 is 0 Å². The molecule has 0 spiro atoms. The Kier molecular flexibility index (Phi) is 1.20. The second-order valence-corrected chi connectivity index (χ2v) is 2.74. The van der Waals surface area contributed by atoms with E-state index in [1.165, 1.54) is 0 Å². The van der Waals surface area contributed by atoms with E-state index >= 15 is 0 Å². The van der Waals surface area contributed by atoms with Crippen LogP contribution in [0.1, 0.15) is 24.5 Å². The van der Waals surface area contributed by atoms with Gasteiger partial charge in [0.05, 0.1) is 11.9 Å². The summed E-state index contributed by atoms with van der Waals surface area (Å²) in [4.78, 5) is 0. The SMILES string of the molecule is N[C@@H]1CC[C@@H]1c1cn[nH]n1. The molecule has 1 aliphatic rings. The first-order chi connectivity index (χ1) is 4.88. The van der Waals surface area contributed by atoms with Crippen LogP contribution in [-0.4, -0.2) is 21.5 Å². The summed E-state index contributed by atoms with van der Waals surface area (Å²) in [6, 6.07) is 0.310. The van der Waals surface area contributed by atoms with Crippen LogP contribution < -0.4 is 5.73 Å².